The fourth-order valence-corrected chi connectivity index (χ4v) is 2.09. The Morgan fingerprint density at radius 1 is 1.44 bits per heavy atom. The van der Waals surface area contributed by atoms with Crippen LogP contribution in [0.5, 0.6) is 0 Å². The largest absolute Gasteiger partial charge is 0.381 e. The van der Waals surface area contributed by atoms with Gasteiger partial charge in [0.25, 0.3) is 0 Å². The van der Waals surface area contributed by atoms with Crippen molar-refractivity contribution >= 4 is 23.2 Å². The summed E-state index contributed by atoms with van der Waals surface area (Å²) in [6.07, 6.45) is 1.38. The molecule has 1 heterocycles. The zero-order valence-corrected chi connectivity index (χ0v) is 10.9. The second-order valence-electron chi connectivity index (χ2n) is 4.76. The zero-order chi connectivity index (χ0) is 13.2. The van der Waals surface area contributed by atoms with Crippen LogP contribution in [0.15, 0.2) is 18.2 Å². The first-order valence-electron chi connectivity index (χ1n) is 5.85. The molecule has 0 aliphatic carbocycles. The maximum atomic E-state index is 13.0. The first kappa shape index (κ1) is 13.3. The second-order valence-corrected chi connectivity index (χ2v) is 5.16. The van der Waals surface area contributed by atoms with E-state index in [1.165, 1.54) is 18.2 Å². The monoisotopic (exact) mass is 271 g/mol. The molecule has 1 amide bonds. The lowest BCUT2D eigenvalue weighted by Gasteiger charge is -2.31. The predicted octanol–water partition coefficient (Wildman–Crippen LogP) is 3.23. The molecule has 5 heteroatoms. The first-order valence-corrected chi connectivity index (χ1v) is 6.23. The van der Waals surface area contributed by atoms with Gasteiger partial charge >= 0.3 is 0 Å². The molecule has 0 saturated carbocycles. The Bertz CT molecular complexity index is 458. The van der Waals surface area contributed by atoms with Gasteiger partial charge in [0.2, 0.25) is 5.91 Å². The van der Waals surface area contributed by atoms with Crippen LogP contribution in [-0.2, 0) is 9.53 Å². The fraction of sp³-hybridized carbons (Fsp3) is 0.462. The average Bonchev–Trinajstić information content (AvgIpc) is 2.35. The first-order chi connectivity index (χ1) is 8.51. The molecule has 1 N–H and O–H groups in total. The lowest BCUT2D eigenvalue weighted by Crippen LogP contribution is -2.38. The molecule has 3 nitrogen and oxygen atoms in total. The summed E-state index contributed by atoms with van der Waals surface area (Å²) >= 11 is 5.67. The quantitative estimate of drug-likeness (QED) is 0.897. The van der Waals surface area contributed by atoms with Crippen LogP contribution in [0, 0.1) is 11.2 Å². The molecule has 0 atom stereocenters. The van der Waals surface area contributed by atoms with Crippen LogP contribution < -0.4 is 5.32 Å². The third-order valence-corrected chi connectivity index (χ3v) is 3.61. The summed E-state index contributed by atoms with van der Waals surface area (Å²) in [7, 11) is 0. The summed E-state index contributed by atoms with van der Waals surface area (Å²) in [4.78, 5) is 12.2. The molecule has 1 aromatic carbocycles. The van der Waals surface area contributed by atoms with Crippen LogP contribution in [-0.4, -0.2) is 19.1 Å². The molecule has 18 heavy (non-hydrogen) atoms. The van der Waals surface area contributed by atoms with Gasteiger partial charge in [0, 0.05) is 18.9 Å². The summed E-state index contributed by atoms with van der Waals surface area (Å²) in [5.41, 5.74) is 0.0816. The van der Waals surface area contributed by atoms with E-state index in [9.17, 15) is 9.18 Å². The van der Waals surface area contributed by atoms with Crippen molar-refractivity contribution in [2.24, 2.45) is 5.41 Å². The highest BCUT2D eigenvalue weighted by Gasteiger charge is 2.35. The predicted molar refractivity (Wildman–Crippen MR) is 68.2 cm³/mol. The van der Waals surface area contributed by atoms with Gasteiger partial charge in [-0.3, -0.25) is 4.79 Å². The molecular formula is C13H15ClFNO2. The molecule has 1 aliphatic rings. The topological polar surface area (TPSA) is 38.3 Å². The van der Waals surface area contributed by atoms with E-state index >= 15 is 0 Å². The number of amides is 1. The van der Waals surface area contributed by atoms with Crippen molar-refractivity contribution in [1.29, 1.82) is 0 Å². The minimum atomic E-state index is -0.494. The Morgan fingerprint density at radius 2 is 2.11 bits per heavy atom. The van der Waals surface area contributed by atoms with Crippen molar-refractivity contribution in [3.63, 3.8) is 0 Å². The standard InChI is InChI=1S/C13H15ClFNO2/c1-13(4-6-18-7-5-13)12(17)16-9-2-3-11(15)10(14)8-9/h2-3,8H,4-7H2,1H3,(H,16,17). The number of rotatable bonds is 2. The third-order valence-electron chi connectivity index (χ3n) is 3.32. The molecule has 2 rings (SSSR count). The van der Waals surface area contributed by atoms with Crippen LogP contribution in [0.25, 0.3) is 0 Å². The van der Waals surface area contributed by atoms with Crippen LogP contribution in [0.3, 0.4) is 0 Å². The van der Waals surface area contributed by atoms with Crippen LogP contribution in [0.4, 0.5) is 10.1 Å². The number of benzene rings is 1. The SMILES string of the molecule is CC1(C(=O)Nc2ccc(F)c(Cl)c2)CCOCC1. The van der Waals surface area contributed by atoms with Gasteiger partial charge < -0.3 is 10.1 Å². The van der Waals surface area contributed by atoms with E-state index < -0.39 is 11.2 Å². The van der Waals surface area contributed by atoms with E-state index in [1.807, 2.05) is 6.92 Å². The van der Waals surface area contributed by atoms with Gasteiger partial charge in [0.1, 0.15) is 5.82 Å². The molecule has 0 spiro atoms. The van der Waals surface area contributed by atoms with Gasteiger partial charge in [-0.15, -0.1) is 0 Å². The van der Waals surface area contributed by atoms with Crippen molar-refractivity contribution in [3.8, 4) is 0 Å². The third kappa shape index (κ3) is 2.82. The molecule has 1 aromatic rings. The van der Waals surface area contributed by atoms with Gasteiger partial charge in [-0.2, -0.15) is 0 Å². The molecular weight excluding hydrogens is 257 g/mol. The molecule has 0 unspecified atom stereocenters. The number of hydrogen-bond acceptors (Lipinski definition) is 2. The summed E-state index contributed by atoms with van der Waals surface area (Å²) in [5.74, 6) is -0.569. The molecule has 1 aliphatic heterocycles. The van der Waals surface area contributed by atoms with E-state index in [1.54, 1.807) is 0 Å². The van der Waals surface area contributed by atoms with E-state index in [-0.39, 0.29) is 10.9 Å². The average molecular weight is 272 g/mol. The maximum Gasteiger partial charge on any atom is 0.230 e. The summed E-state index contributed by atoms with van der Waals surface area (Å²) in [6, 6.07) is 4.16. The summed E-state index contributed by atoms with van der Waals surface area (Å²) < 4.78 is 18.3. The van der Waals surface area contributed by atoms with Gasteiger partial charge in [-0.05, 0) is 31.0 Å². The lowest BCUT2D eigenvalue weighted by atomic mass is 9.81. The van der Waals surface area contributed by atoms with Crippen molar-refractivity contribution in [3.05, 3.63) is 29.0 Å². The Morgan fingerprint density at radius 3 is 2.72 bits per heavy atom. The Balaban J connectivity index is 2.08. The number of ether oxygens (including phenoxy) is 1. The molecule has 0 aromatic heterocycles. The van der Waals surface area contributed by atoms with E-state index in [2.05, 4.69) is 5.32 Å². The highest BCUT2D eigenvalue weighted by atomic mass is 35.5. The molecule has 98 valence electrons. The smallest absolute Gasteiger partial charge is 0.230 e. The summed E-state index contributed by atoms with van der Waals surface area (Å²) in [6.45, 7) is 3.10. The van der Waals surface area contributed by atoms with Crippen LogP contribution in [0.1, 0.15) is 19.8 Å². The van der Waals surface area contributed by atoms with Crippen molar-refractivity contribution in [1.82, 2.24) is 0 Å². The number of halogens is 2. The van der Waals surface area contributed by atoms with Crippen molar-refractivity contribution < 1.29 is 13.9 Å². The van der Waals surface area contributed by atoms with Crippen molar-refractivity contribution in [2.75, 3.05) is 18.5 Å². The van der Waals surface area contributed by atoms with E-state index in [4.69, 9.17) is 16.3 Å². The number of nitrogens with one attached hydrogen (secondary N) is 1. The minimum absolute atomic E-state index is 0.00457. The number of carbonyl (C=O) groups excluding carboxylic acids is 1. The number of carbonyl (C=O) groups is 1. The summed E-state index contributed by atoms with van der Waals surface area (Å²) in [5, 5.41) is 2.78. The highest BCUT2D eigenvalue weighted by molar-refractivity contribution is 6.31. The van der Waals surface area contributed by atoms with Gasteiger partial charge in [-0.1, -0.05) is 18.5 Å². The van der Waals surface area contributed by atoms with Crippen LogP contribution >= 0.6 is 11.6 Å². The Kier molecular flexibility index (Phi) is 3.88. The second kappa shape index (κ2) is 5.24. The molecule has 0 bridgehead atoms. The fourth-order valence-electron chi connectivity index (χ4n) is 1.90. The lowest BCUT2D eigenvalue weighted by molar-refractivity contribution is -0.129. The van der Waals surface area contributed by atoms with E-state index in [0.29, 0.717) is 31.7 Å². The molecule has 1 fully saturated rings. The van der Waals surface area contributed by atoms with Crippen LogP contribution in [0.2, 0.25) is 5.02 Å². The molecule has 1 saturated heterocycles. The normalized spacial score (nSPS) is 18.4. The van der Waals surface area contributed by atoms with Crippen molar-refractivity contribution in [2.45, 2.75) is 19.8 Å². The molecule has 0 radical (unpaired) electrons. The van der Waals surface area contributed by atoms with E-state index in [0.717, 1.165) is 0 Å². The van der Waals surface area contributed by atoms with Gasteiger partial charge in [-0.25, -0.2) is 4.39 Å². The number of hydrogen-bond donors (Lipinski definition) is 1. The zero-order valence-electron chi connectivity index (χ0n) is 10.1. The van der Waals surface area contributed by atoms with Gasteiger partial charge in [0.05, 0.1) is 10.4 Å². The van der Waals surface area contributed by atoms with Gasteiger partial charge in [0.15, 0.2) is 0 Å². The Labute approximate surface area is 110 Å². The maximum absolute atomic E-state index is 13.0. The number of anilines is 1. The highest BCUT2D eigenvalue weighted by Crippen LogP contribution is 2.31. The Hall–Kier alpha value is -1.13. The minimum Gasteiger partial charge on any atom is -0.381 e.